The second-order valence-electron chi connectivity index (χ2n) is 6.38. The first-order valence-corrected chi connectivity index (χ1v) is 10.6. The minimum absolute atomic E-state index is 0.402. The average molecular weight is 430 g/mol. The Morgan fingerprint density at radius 3 is 2.73 bits per heavy atom. The van der Waals surface area contributed by atoms with E-state index in [0.29, 0.717) is 6.04 Å². The topological polar surface area (TPSA) is 42.8 Å². The van der Waals surface area contributed by atoms with Gasteiger partial charge in [-0.3, -0.25) is 4.99 Å². The second-order valence-corrected chi connectivity index (χ2v) is 8.07. The molecule has 0 aliphatic heterocycles. The van der Waals surface area contributed by atoms with Gasteiger partial charge in [0.15, 0.2) is 0 Å². The molecule has 0 saturated heterocycles. The number of thiazole rings is 1. The standard InChI is InChI=1S/C20H20BrN3OS/c21-18-11-5-4-10-17(18)19-14-26-20(23-15-7-2-1-3-8-15)24(19)22-13-16-9-6-12-25-16/h4-6,9-15H,1-3,7-8H2. The third kappa shape index (κ3) is 3.91. The zero-order chi connectivity index (χ0) is 17.8. The Kier molecular flexibility index (Phi) is 5.51. The molecule has 1 saturated carbocycles. The van der Waals surface area contributed by atoms with Crippen LogP contribution < -0.4 is 4.80 Å². The summed E-state index contributed by atoms with van der Waals surface area (Å²) in [4.78, 5) is 5.95. The molecule has 1 fully saturated rings. The molecule has 1 aliphatic carbocycles. The van der Waals surface area contributed by atoms with Crippen LogP contribution in [-0.4, -0.2) is 16.9 Å². The van der Waals surface area contributed by atoms with Gasteiger partial charge < -0.3 is 4.42 Å². The van der Waals surface area contributed by atoms with Crippen LogP contribution in [-0.2, 0) is 0 Å². The summed E-state index contributed by atoms with van der Waals surface area (Å²) in [6.07, 6.45) is 9.61. The maximum absolute atomic E-state index is 5.39. The van der Waals surface area contributed by atoms with E-state index in [9.17, 15) is 0 Å². The molecule has 3 aromatic rings. The highest BCUT2D eigenvalue weighted by atomic mass is 79.9. The molecule has 0 spiro atoms. The molecule has 1 aliphatic rings. The normalized spacial score (nSPS) is 16.6. The Labute approximate surface area is 165 Å². The van der Waals surface area contributed by atoms with Crippen molar-refractivity contribution in [2.75, 3.05) is 0 Å². The maximum Gasteiger partial charge on any atom is 0.206 e. The SMILES string of the molecule is Brc1ccccc1-c1csc(=NC2CCCCC2)n1N=Cc1ccco1. The van der Waals surface area contributed by atoms with Gasteiger partial charge in [-0.25, -0.2) is 4.68 Å². The predicted octanol–water partition coefficient (Wildman–Crippen LogP) is 5.69. The lowest BCUT2D eigenvalue weighted by atomic mass is 9.96. The Morgan fingerprint density at radius 1 is 1.12 bits per heavy atom. The number of benzene rings is 1. The van der Waals surface area contributed by atoms with E-state index in [1.54, 1.807) is 23.8 Å². The second kappa shape index (κ2) is 8.18. The van der Waals surface area contributed by atoms with E-state index in [0.717, 1.165) is 26.3 Å². The summed E-state index contributed by atoms with van der Waals surface area (Å²) in [5.41, 5.74) is 2.13. The van der Waals surface area contributed by atoms with Gasteiger partial charge in [0.2, 0.25) is 4.80 Å². The molecule has 4 rings (SSSR count). The van der Waals surface area contributed by atoms with Crippen LogP contribution in [0.4, 0.5) is 0 Å². The number of aromatic nitrogens is 1. The highest BCUT2D eigenvalue weighted by Gasteiger charge is 2.14. The molecule has 0 N–H and O–H groups in total. The van der Waals surface area contributed by atoms with Gasteiger partial charge in [0.25, 0.3) is 0 Å². The third-order valence-electron chi connectivity index (χ3n) is 4.55. The summed E-state index contributed by atoms with van der Waals surface area (Å²) in [5, 5.41) is 6.81. The molecule has 1 aromatic carbocycles. The van der Waals surface area contributed by atoms with Crippen LogP contribution in [0.25, 0.3) is 11.3 Å². The lowest BCUT2D eigenvalue weighted by Gasteiger charge is -2.16. The van der Waals surface area contributed by atoms with Gasteiger partial charge in [-0.2, -0.15) is 5.10 Å². The van der Waals surface area contributed by atoms with E-state index >= 15 is 0 Å². The predicted molar refractivity (Wildman–Crippen MR) is 110 cm³/mol. The maximum atomic E-state index is 5.39. The largest absolute Gasteiger partial charge is 0.463 e. The van der Waals surface area contributed by atoms with Crippen LogP contribution in [0.3, 0.4) is 0 Å². The van der Waals surface area contributed by atoms with Crippen molar-refractivity contribution in [2.45, 2.75) is 38.1 Å². The Balaban J connectivity index is 1.79. The van der Waals surface area contributed by atoms with Gasteiger partial charge in [0.1, 0.15) is 5.76 Å². The van der Waals surface area contributed by atoms with Crippen LogP contribution in [0.2, 0.25) is 0 Å². The monoisotopic (exact) mass is 429 g/mol. The zero-order valence-electron chi connectivity index (χ0n) is 14.3. The van der Waals surface area contributed by atoms with Gasteiger partial charge in [-0.1, -0.05) is 53.4 Å². The van der Waals surface area contributed by atoms with Crippen LogP contribution in [0.1, 0.15) is 37.9 Å². The lowest BCUT2D eigenvalue weighted by molar-refractivity contribution is 0.435. The van der Waals surface area contributed by atoms with Gasteiger partial charge >= 0.3 is 0 Å². The van der Waals surface area contributed by atoms with Crippen LogP contribution >= 0.6 is 27.3 Å². The van der Waals surface area contributed by atoms with Crippen molar-refractivity contribution in [3.63, 3.8) is 0 Å². The quantitative estimate of drug-likeness (QED) is 0.491. The van der Waals surface area contributed by atoms with Crippen molar-refractivity contribution in [1.29, 1.82) is 0 Å². The molecule has 0 radical (unpaired) electrons. The Morgan fingerprint density at radius 2 is 1.96 bits per heavy atom. The Hall–Kier alpha value is -1.92. The van der Waals surface area contributed by atoms with E-state index in [1.165, 1.54) is 32.1 Å². The minimum atomic E-state index is 0.402. The van der Waals surface area contributed by atoms with Crippen LogP contribution in [0.5, 0.6) is 0 Å². The summed E-state index contributed by atoms with van der Waals surface area (Å²) in [7, 11) is 0. The number of halogens is 1. The average Bonchev–Trinajstić information content (AvgIpc) is 3.31. The molecule has 2 heterocycles. The van der Waals surface area contributed by atoms with E-state index in [1.807, 2.05) is 35.0 Å². The molecule has 134 valence electrons. The first-order chi connectivity index (χ1) is 12.8. The fourth-order valence-electron chi connectivity index (χ4n) is 3.20. The van der Waals surface area contributed by atoms with Crippen LogP contribution in [0, 0.1) is 0 Å². The number of rotatable bonds is 4. The molecule has 6 heteroatoms. The lowest BCUT2D eigenvalue weighted by Crippen LogP contribution is -2.19. The minimum Gasteiger partial charge on any atom is -0.463 e. The molecule has 26 heavy (non-hydrogen) atoms. The molecular weight excluding hydrogens is 410 g/mol. The first kappa shape index (κ1) is 17.5. The Bertz CT molecular complexity index is 950. The van der Waals surface area contributed by atoms with Gasteiger partial charge in [-0.15, -0.1) is 11.3 Å². The molecule has 0 bridgehead atoms. The first-order valence-electron chi connectivity index (χ1n) is 8.88. The third-order valence-corrected chi connectivity index (χ3v) is 6.07. The molecule has 0 amide bonds. The van der Waals surface area contributed by atoms with Crippen molar-refractivity contribution >= 4 is 33.5 Å². The molecule has 4 nitrogen and oxygen atoms in total. The van der Waals surface area contributed by atoms with Crippen molar-refractivity contribution in [2.24, 2.45) is 10.1 Å². The number of furan rings is 1. The van der Waals surface area contributed by atoms with E-state index < -0.39 is 0 Å². The fraction of sp³-hybridized carbons (Fsp3) is 0.300. The van der Waals surface area contributed by atoms with Gasteiger partial charge in [0, 0.05) is 15.4 Å². The van der Waals surface area contributed by atoms with E-state index in [4.69, 9.17) is 9.41 Å². The molecular formula is C20H20BrN3OS. The van der Waals surface area contributed by atoms with Crippen molar-refractivity contribution in [3.8, 4) is 11.3 Å². The highest BCUT2D eigenvalue weighted by molar-refractivity contribution is 9.10. The number of hydrogen-bond acceptors (Lipinski definition) is 4. The summed E-state index contributed by atoms with van der Waals surface area (Å²) < 4.78 is 8.37. The zero-order valence-corrected chi connectivity index (χ0v) is 16.7. The summed E-state index contributed by atoms with van der Waals surface area (Å²) in [6.45, 7) is 0. The van der Waals surface area contributed by atoms with Crippen molar-refractivity contribution < 1.29 is 4.42 Å². The highest BCUT2D eigenvalue weighted by Crippen LogP contribution is 2.28. The van der Waals surface area contributed by atoms with Gasteiger partial charge in [0.05, 0.1) is 24.2 Å². The number of hydrogen-bond donors (Lipinski definition) is 0. The fourth-order valence-corrected chi connectivity index (χ4v) is 4.59. The smallest absolute Gasteiger partial charge is 0.206 e. The molecule has 0 atom stereocenters. The summed E-state index contributed by atoms with van der Waals surface area (Å²) >= 11 is 5.30. The molecule has 2 aromatic heterocycles. The van der Waals surface area contributed by atoms with E-state index in [2.05, 4.69) is 32.5 Å². The van der Waals surface area contributed by atoms with Crippen molar-refractivity contribution in [3.05, 3.63) is 63.1 Å². The number of nitrogens with zero attached hydrogens (tertiary/aromatic N) is 3. The van der Waals surface area contributed by atoms with Crippen molar-refractivity contribution in [1.82, 2.24) is 4.68 Å². The molecule has 0 unspecified atom stereocenters. The van der Waals surface area contributed by atoms with Gasteiger partial charge in [-0.05, 0) is 31.0 Å². The van der Waals surface area contributed by atoms with E-state index in [-0.39, 0.29) is 0 Å². The summed E-state index contributed by atoms with van der Waals surface area (Å²) in [6, 6.07) is 12.4. The summed E-state index contributed by atoms with van der Waals surface area (Å²) in [5.74, 6) is 0.727. The van der Waals surface area contributed by atoms with Crippen LogP contribution in [0.15, 0.2) is 67.0 Å².